The molecule has 3 fully saturated rings. The van der Waals surface area contributed by atoms with E-state index in [1.807, 2.05) is 0 Å². The summed E-state index contributed by atoms with van der Waals surface area (Å²) in [6.07, 6.45) is 3.97. The van der Waals surface area contributed by atoms with Crippen LogP contribution in [-0.2, 0) is 25.5 Å². The number of aromatic nitrogens is 1. The van der Waals surface area contributed by atoms with E-state index in [4.69, 9.17) is 9.47 Å². The first-order chi connectivity index (χ1) is 14.4. The number of aromatic amines is 1. The molecular weight excluding hydrogens is 380 g/mol. The number of H-pyrrole nitrogens is 1. The quantitative estimate of drug-likeness (QED) is 0.619. The van der Waals surface area contributed by atoms with Crippen molar-refractivity contribution in [3.8, 4) is 0 Å². The van der Waals surface area contributed by atoms with Crippen molar-refractivity contribution in [2.75, 3.05) is 19.8 Å². The van der Waals surface area contributed by atoms with Crippen LogP contribution in [0.25, 0.3) is 10.9 Å². The van der Waals surface area contributed by atoms with E-state index in [0.717, 1.165) is 19.4 Å². The summed E-state index contributed by atoms with van der Waals surface area (Å²) in [5.41, 5.74) is 4.75. The maximum absolute atomic E-state index is 11.8. The molecule has 2 aromatic rings. The third-order valence-electron chi connectivity index (χ3n) is 7.47. The number of carbonyl (C=O) groups excluding carboxylic acids is 2. The largest absolute Gasteiger partial charge is 0.465 e. The monoisotopic (exact) mass is 408 g/mol. The van der Waals surface area contributed by atoms with Gasteiger partial charge in [0.1, 0.15) is 13.2 Å². The summed E-state index contributed by atoms with van der Waals surface area (Å²) in [6.45, 7) is 6.40. The van der Waals surface area contributed by atoms with Crippen molar-refractivity contribution in [2.24, 2.45) is 11.3 Å². The van der Waals surface area contributed by atoms with Crippen molar-refractivity contribution >= 4 is 22.8 Å². The first-order valence-electron chi connectivity index (χ1n) is 10.7. The Kier molecular flexibility index (Phi) is 4.51. The summed E-state index contributed by atoms with van der Waals surface area (Å²) in [7, 11) is 0. The molecule has 6 rings (SSSR count). The summed E-state index contributed by atoms with van der Waals surface area (Å²) in [4.78, 5) is 29.8. The smallest absolute Gasteiger partial charge is 0.302 e. The molecule has 4 aliphatic rings. The molecule has 6 heteroatoms. The van der Waals surface area contributed by atoms with Crippen molar-refractivity contribution in [2.45, 2.75) is 45.7 Å². The Labute approximate surface area is 176 Å². The lowest BCUT2D eigenvalue weighted by Crippen LogP contribution is -2.68. The fraction of sp³-hybridized carbons (Fsp3) is 0.500. The molecule has 4 aliphatic heterocycles. The van der Waals surface area contributed by atoms with Crippen LogP contribution in [0.3, 0.4) is 0 Å². The molecule has 4 atom stereocenters. The number of allylic oxidation sites excluding steroid dienone is 1. The van der Waals surface area contributed by atoms with Crippen LogP contribution in [0.5, 0.6) is 0 Å². The topological polar surface area (TPSA) is 71.6 Å². The SMILES string of the molecule is C/C=C1/CN2C3CC1C(COC(C)=O)(COC(C)=O)C2Cc1c3[nH]c2ccccc12. The number of esters is 2. The summed E-state index contributed by atoms with van der Waals surface area (Å²) < 4.78 is 11.2. The van der Waals surface area contributed by atoms with Gasteiger partial charge in [-0.25, -0.2) is 0 Å². The highest BCUT2D eigenvalue weighted by Crippen LogP contribution is 2.59. The molecule has 0 radical (unpaired) electrons. The molecule has 5 heterocycles. The molecule has 6 nitrogen and oxygen atoms in total. The Morgan fingerprint density at radius 2 is 1.90 bits per heavy atom. The fourth-order valence-electron chi connectivity index (χ4n) is 6.16. The minimum atomic E-state index is -0.440. The number of benzene rings is 1. The normalized spacial score (nSPS) is 29.6. The van der Waals surface area contributed by atoms with Gasteiger partial charge in [-0.1, -0.05) is 29.8 Å². The van der Waals surface area contributed by atoms with E-state index in [-0.39, 0.29) is 37.1 Å². The molecule has 4 bridgehead atoms. The van der Waals surface area contributed by atoms with Crippen molar-refractivity contribution < 1.29 is 19.1 Å². The number of carbonyl (C=O) groups is 2. The van der Waals surface area contributed by atoms with E-state index in [1.165, 1.54) is 41.6 Å². The molecule has 158 valence electrons. The third kappa shape index (κ3) is 2.73. The second kappa shape index (κ2) is 6.98. The number of hydrogen-bond donors (Lipinski definition) is 1. The number of ether oxygens (including phenoxy) is 2. The zero-order valence-electron chi connectivity index (χ0n) is 17.7. The highest BCUT2D eigenvalue weighted by molar-refractivity contribution is 5.85. The molecule has 4 unspecified atom stereocenters. The van der Waals surface area contributed by atoms with Gasteiger partial charge in [0.2, 0.25) is 0 Å². The van der Waals surface area contributed by atoms with Gasteiger partial charge in [-0.2, -0.15) is 0 Å². The number of piperidine rings is 3. The minimum absolute atomic E-state index is 0.148. The van der Waals surface area contributed by atoms with Gasteiger partial charge in [0, 0.05) is 43.0 Å². The highest BCUT2D eigenvalue weighted by Gasteiger charge is 2.62. The summed E-state index contributed by atoms with van der Waals surface area (Å²) in [6, 6.07) is 8.91. The first-order valence-corrected chi connectivity index (χ1v) is 10.7. The molecule has 1 aromatic carbocycles. The van der Waals surface area contributed by atoms with Crippen LogP contribution in [0.2, 0.25) is 0 Å². The fourth-order valence-corrected chi connectivity index (χ4v) is 6.16. The van der Waals surface area contributed by atoms with Crippen molar-refractivity contribution in [3.05, 3.63) is 47.2 Å². The molecule has 1 N–H and O–H groups in total. The van der Waals surface area contributed by atoms with E-state index >= 15 is 0 Å². The van der Waals surface area contributed by atoms with Crippen LogP contribution in [0.15, 0.2) is 35.9 Å². The zero-order valence-corrected chi connectivity index (χ0v) is 17.7. The van der Waals surface area contributed by atoms with Crippen LogP contribution >= 0.6 is 0 Å². The Morgan fingerprint density at radius 3 is 2.57 bits per heavy atom. The molecule has 1 aromatic heterocycles. The van der Waals surface area contributed by atoms with Crippen LogP contribution in [0, 0.1) is 11.3 Å². The van der Waals surface area contributed by atoms with Gasteiger partial charge in [0.05, 0.1) is 11.5 Å². The standard InChI is InChI=1S/C24H28N2O4/c1-4-16-11-26-21-10-19(16)24(12-29-14(2)27,13-30-15(3)28)22(26)9-18-17-7-5-6-8-20(17)25-23(18)21/h4-8,19,21-22,25H,9-13H2,1-3H3/b16-4-. The average molecular weight is 408 g/mol. The van der Waals surface area contributed by atoms with Crippen LogP contribution in [-0.4, -0.2) is 47.6 Å². The van der Waals surface area contributed by atoms with Crippen molar-refractivity contribution in [1.29, 1.82) is 0 Å². The van der Waals surface area contributed by atoms with Gasteiger partial charge in [0.15, 0.2) is 0 Å². The van der Waals surface area contributed by atoms with Crippen molar-refractivity contribution in [1.82, 2.24) is 9.88 Å². The third-order valence-corrected chi connectivity index (χ3v) is 7.47. The maximum Gasteiger partial charge on any atom is 0.302 e. The molecule has 3 saturated heterocycles. The molecule has 30 heavy (non-hydrogen) atoms. The van der Waals surface area contributed by atoms with E-state index < -0.39 is 5.41 Å². The molecule has 0 amide bonds. The minimum Gasteiger partial charge on any atom is -0.465 e. The van der Waals surface area contributed by atoms with Gasteiger partial charge < -0.3 is 14.5 Å². The number of rotatable bonds is 4. The van der Waals surface area contributed by atoms with Crippen LogP contribution in [0.4, 0.5) is 0 Å². The number of hydrogen-bond acceptors (Lipinski definition) is 5. The van der Waals surface area contributed by atoms with Gasteiger partial charge in [-0.15, -0.1) is 0 Å². The second-order valence-corrected chi connectivity index (χ2v) is 8.92. The second-order valence-electron chi connectivity index (χ2n) is 8.92. The van der Waals surface area contributed by atoms with Gasteiger partial charge in [-0.05, 0) is 37.3 Å². The van der Waals surface area contributed by atoms with Gasteiger partial charge in [0.25, 0.3) is 0 Å². The van der Waals surface area contributed by atoms with E-state index in [1.54, 1.807) is 0 Å². The Morgan fingerprint density at radius 1 is 1.20 bits per heavy atom. The van der Waals surface area contributed by atoms with E-state index in [9.17, 15) is 9.59 Å². The first kappa shape index (κ1) is 19.4. The predicted octanol–water partition coefficient (Wildman–Crippen LogP) is 3.53. The van der Waals surface area contributed by atoms with Crippen LogP contribution in [0.1, 0.15) is 44.5 Å². The summed E-state index contributed by atoms with van der Waals surface area (Å²) in [5, 5.41) is 1.27. The zero-order chi connectivity index (χ0) is 21.0. The summed E-state index contributed by atoms with van der Waals surface area (Å²) >= 11 is 0. The van der Waals surface area contributed by atoms with E-state index in [0.29, 0.717) is 6.04 Å². The molecule has 0 aliphatic carbocycles. The van der Waals surface area contributed by atoms with Crippen molar-refractivity contribution in [3.63, 3.8) is 0 Å². The molecule has 0 spiro atoms. The average Bonchev–Trinajstić information content (AvgIpc) is 3.11. The summed E-state index contributed by atoms with van der Waals surface area (Å²) in [5.74, 6) is -0.382. The Bertz CT molecular complexity index is 1030. The van der Waals surface area contributed by atoms with Crippen LogP contribution < -0.4 is 0 Å². The lowest BCUT2D eigenvalue weighted by atomic mass is 9.55. The lowest BCUT2D eigenvalue weighted by Gasteiger charge is -2.63. The van der Waals surface area contributed by atoms with Gasteiger partial charge in [-0.3, -0.25) is 14.5 Å². The molecular formula is C24H28N2O4. The number of fused-ring (bicyclic) bond motifs is 4. The predicted molar refractivity (Wildman–Crippen MR) is 113 cm³/mol. The molecule has 0 saturated carbocycles. The Hall–Kier alpha value is -2.60. The highest BCUT2D eigenvalue weighted by atomic mass is 16.5. The number of para-hydroxylation sites is 1. The number of nitrogens with zero attached hydrogens (tertiary/aromatic N) is 1. The maximum atomic E-state index is 11.8. The number of nitrogens with one attached hydrogen (secondary N) is 1. The van der Waals surface area contributed by atoms with Gasteiger partial charge >= 0.3 is 11.9 Å². The van der Waals surface area contributed by atoms with E-state index in [2.05, 4.69) is 47.1 Å². The Balaban J connectivity index is 1.64. The lowest BCUT2D eigenvalue weighted by molar-refractivity contribution is -0.178.